The summed E-state index contributed by atoms with van der Waals surface area (Å²) in [4.78, 5) is 3.29. The SMILES string of the molecule is C=C(C)OCNCCC(C)c1nn2nc(C)cc2[nH]1. The van der Waals surface area contributed by atoms with Gasteiger partial charge in [-0.3, -0.25) is 5.32 Å². The van der Waals surface area contributed by atoms with Crippen molar-refractivity contribution in [3.05, 3.63) is 29.9 Å². The summed E-state index contributed by atoms with van der Waals surface area (Å²) in [6, 6.07) is 1.99. The number of rotatable bonds is 7. The van der Waals surface area contributed by atoms with Crippen LogP contribution in [0.5, 0.6) is 0 Å². The Bertz CT molecular complexity index is 525. The molecule has 19 heavy (non-hydrogen) atoms. The highest BCUT2D eigenvalue weighted by Crippen LogP contribution is 2.15. The fourth-order valence-corrected chi connectivity index (χ4v) is 1.83. The lowest BCUT2D eigenvalue weighted by Crippen LogP contribution is -2.20. The summed E-state index contributed by atoms with van der Waals surface area (Å²) in [5, 5.41) is 11.9. The first-order valence-corrected chi connectivity index (χ1v) is 6.48. The molecule has 1 atom stereocenters. The van der Waals surface area contributed by atoms with Crippen molar-refractivity contribution in [3.8, 4) is 0 Å². The number of H-pyrrole nitrogens is 1. The molecule has 2 aromatic heterocycles. The first-order chi connectivity index (χ1) is 9.06. The second-order valence-corrected chi connectivity index (χ2v) is 4.85. The molecule has 0 aromatic carbocycles. The van der Waals surface area contributed by atoms with Gasteiger partial charge in [-0.2, -0.15) is 5.10 Å². The predicted octanol–water partition coefficient (Wildman–Crippen LogP) is 1.96. The smallest absolute Gasteiger partial charge is 0.155 e. The van der Waals surface area contributed by atoms with E-state index in [4.69, 9.17) is 4.74 Å². The molecule has 104 valence electrons. The van der Waals surface area contributed by atoms with Gasteiger partial charge in [-0.1, -0.05) is 13.5 Å². The van der Waals surface area contributed by atoms with Crippen LogP contribution in [0, 0.1) is 6.92 Å². The molecule has 6 nitrogen and oxygen atoms in total. The van der Waals surface area contributed by atoms with Gasteiger partial charge in [0.25, 0.3) is 0 Å². The number of ether oxygens (including phenoxy) is 1. The Kier molecular flexibility index (Phi) is 4.21. The van der Waals surface area contributed by atoms with Crippen molar-refractivity contribution in [2.45, 2.75) is 33.1 Å². The number of allylic oxidation sites excluding steroid dienone is 1. The van der Waals surface area contributed by atoms with Gasteiger partial charge in [0.2, 0.25) is 0 Å². The monoisotopic (exact) mass is 263 g/mol. The Hall–Kier alpha value is -1.82. The van der Waals surface area contributed by atoms with E-state index in [9.17, 15) is 0 Å². The van der Waals surface area contributed by atoms with Crippen molar-refractivity contribution in [2.24, 2.45) is 0 Å². The fraction of sp³-hybridized carbons (Fsp3) is 0.538. The summed E-state index contributed by atoms with van der Waals surface area (Å²) in [7, 11) is 0. The summed E-state index contributed by atoms with van der Waals surface area (Å²) >= 11 is 0. The van der Waals surface area contributed by atoms with Crippen LogP contribution in [0.25, 0.3) is 5.65 Å². The Balaban J connectivity index is 1.80. The Labute approximate surface area is 112 Å². The molecule has 1 unspecified atom stereocenters. The first-order valence-electron chi connectivity index (χ1n) is 6.48. The van der Waals surface area contributed by atoms with Gasteiger partial charge < -0.3 is 9.72 Å². The normalized spacial score (nSPS) is 12.8. The van der Waals surface area contributed by atoms with Crippen LogP contribution in [-0.4, -0.2) is 33.1 Å². The molecule has 0 amide bonds. The van der Waals surface area contributed by atoms with E-state index in [1.165, 1.54) is 0 Å². The van der Waals surface area contributed by atoms with Crippen molar-refractivity contribution in [1.29, 1.82) is 0 Å². The van der Waals surface area contributed by atoms with Crippen LogP contribution in [0.4, 0.5) is 0 Å². The van der Waals surface area contributed by atoms with Gasteiger partial charge in [0.15, 0.2) is 5.65 Å². The zero-order valence-corrected chi connectivity index (χ0v) is 11.7. The maximum atomic E-state index is 5.24. The number of hydrogen-bond acceptors (Lipinski definition) is 4. The molecular formula is C13H21N5O. The van der Waals surface area contributed by atoms with Crippen molar-refractivity contribution in [3.63, 3.8) is 0 Å². The highest BCUT2D eigenvalue weighted by atomic mass is 16.5. The Morgan fingerprint density at radius 3 is 3.05 bits per heavy atom. The predicted molar refractivity (Wildman–Crippen MR) is 73.9 cm³/mol. The molecule has 0 radical (unpaired) electrons. The Morgan fingerprint density at radius 1 is 1.58 bits per heavy atom. The van der Waals surface area contributed by atoms with Gasteiger partial charge in [0.1, 0.15) is 12.6 Å². The lowest BCUT2D eigenvalue weighted by molar-refractivity contribution is 0.190. The molecule has 0 aliphatic rings. The quantitative estimate of drug-likeness (QED) is 0.455. The van der Waals surface area contributed by atoms with Crippen LogP contribution in [0.3, 0.4) is 0 Å². The number of aromatic amines is 1. The topological polar surface area (TPSA) is 67.2 Å². The van der Waals surface area contributed by atoms with Crippen LogP contribution >= 0.6 is 0 Å². The summed E-state index contributed by atoms with van der Waals surface area (Å²) < 4.78 is 6.89. The lowest BCUT2D eigenvalue weighted by atomic mass is 10.1. The lowest BCUT2D eigenvalue weighted by Gasteiger charge is -2.10. The van der Waals surface area contributed by atoms with Crippen LogP contribution in [0.2, 0.25) is 0 Å². The molecule has 2 N–H and O–H groups in total. The van der Waals surface area contributed by atoms with Crippen molar-refractivity contribution in [1.82, 2.24) is 25.1 Å². The van der Waals surface area contributed by atoms with E-state index in [2.05, 4.69) is 34.0 Å². The van der Waals surface area contributed by atoms with Gasteiger partial charge in [-0.05, 0) is 26.8 Å². The number of hydrogen-bond donors (Lipinski definition) is 2. The average molecular weight is 263 g/mol. The largest absolute Gasteiger partial charge is 0.484 e. The average Bonchev–Trinajstić information content (AvgIpc) is 2.84. The summed E-state index contributed by atoms with van der Waals surface area (Å²) in [5.74, 6) is 2.03. The van der Waals surface area contributed by atoms with E-state index >= 15 is 0 Å². The third kappa shape index (κ3) is 3.57. The van der Waals surface area contributed by atoms with E-state index in [0.29, 0.717) is 12.6 Å². The van der Waals surface area contributed by atoms with Gasteiger partial charge in [0.05, 0.1) is 11.5 Å². The highest BCUT2D eigenvalue weighted by Gasteiger charge is 2.11. The number of fused-ring (bicyclic) bond motifs is 1. The summed E-state index contributed by atoms with van der Waals surface area (Å²) in [6.45, 7) is 11.0. The second-order valence-electron chi connectivity index (χ2n) is 4.85. The molecule has 0 aliphatic carbocycles. The standard InChI is InChI=1S/C13H21N5O/c1-9(2)19-8-14-6-5-10(3)13-15-12-7-11(4)16-18(12)17-13/h7,10,14H,1,5-6,8H2,2-4H3,(H,15,17). The highest BCUT2D eigenvalue weighted by molar-refractivity contribution is 5.38. The van der Waals surface area contributed by atoms with Crippen LogP contribution in [0.15, 0.2) is 18.4 Å². The third-order valence-electron chi connectivity index (χ3n) is 2.91. The van der Waals surface area contributed by atoms with Gasteiger partial charge in [-0.25, -0.2) is 0 Å². The van der Waals surface area contributed by atoms with Crippen molar-refractivity contribution >= 4 is 5.65 Å². The van der Waals surface area contributed by atoms with Crippen LogP contribution < -0.4 is 5.32 Å². The maximum Gasteiger partial charge on any atom is 0.155 e. The van der Waals surface area contributed by atoms with E-state index in [-0.39, 0.29) is 0 Å². The molecule has 6 heteroatoms. The molecule has 2 heterocycles. The van der Waals surface area contributed by atoms with E-state index < -0.39 is 0 Å². The minimum Gasteiger partial charge on any atom is -0.484 e. The molecule has 0 fully saturated rings. The number of aryl methyl sites for hydroxylation is 1. The molecule has 2 rings (SSSR count). The molecule has 2 aromatic rings. The minimum atomic E-state index is 0.347. The van der Waals surface area contributed by atoms with Crippen molar-refractivity contribution < 1.29 is 4.74 Å². The Morgan fingerprint density at radius 2 is 2.37 bits per heavy atom. The molecular weight excluding hydrogens is 242 g/mol. The first kappa shape index (κ1) is 13.6. The zero-order valence-electron chi connectivity index (χ0n) is 11.7. The van der Waals surface area contributed by atoms with Gasteiger partial charge >= 0.3 is 0 Å². The van der Waals surface area contributed by atoms with Crippen LogP contribution in [-0.2, 0) is 4.74 Å². The molecule has 0 saturated heterocycles. The minimum absolute atomic E-state index is 0.347. The number of nitrogens with one attached hydrogen (secondary N) is 2. The fourth-order valence-electron chi connectivity index (χ4n) is 1.83. The number of aromatic nitrogens is 4. The third-order valence-corrected chi connectivity index (χ3v) is 2.91. The second kappa shape index (κ2) is 5.88. The number of nitrogens with zero attached hydrogens (tertiary/aromatic N) is 3. The molecule has 0 saturated carbocycles. The summed E-state index contributed by atoms with van der Waals surface area (Å²) in [6.07, 6.45) is 0.981. The molecule has 0 bridgehead atoms. The van der Waals surface area contributed by atoms with E-state index in [0.717, 1.165) is 35.9 Å². The summed E-state index contributed by atoms with van der Waals surface area (Å²) in [5.41, 5.74) is 1.91. The van der Waals surface area contributed by atoms with Crippen LogP contribution in [0.1, 0.15) is 37.7 Å². The zero-order chi connectivity index (χ0) is 13.8. The molecule has 0 spiro atoms. The van der Waals surface area contributed by atoms with E-state index in [1.54, 1.807) is 4.63 Å². The maximum absolute atomic E-state index is 5.24. The van der Waals surface area contributed by atoms with Crippen molar-refractivity contribution in [2.75, 3.05) is 13.3 Å². The molecule has 0 aliphatic heterocycles. The van der Waals surface area contributed by atoms with Gasteiger partial charge in [0, 0.05) is 12.0 Å². The van der Waals surface area contributed by atoms with E-state index in [1.807, 2.05) is 19.9 Å². The van der Waals surface area contributed by atoms with Gasteiger partial charge in [-0.15, -0.1) is 9.73 Å².